The number of anilines is 1. The lowest BCUT2D eigenvalue weighted by molar-refractivity contribution is 0.0997. The molecule has 6 heteroatoms. The smallest absolute Gasteiger partial charge is 0.260 e. The number of hydrogen-bond donors (Lipinski definition) is 1. The molecule has 0 radical (unpaired) electrons. The second kappa shape index (κ2) is 7.44. The molecule has 2 aromatic rings. The predicted molar refractivity (Wildman–Crippen MR) is 77.6 cm³/mol. The monoisotopic (exact) mass is 290 g/mol. The number of hydrogen-bond acceptors (Lipinski definition) is 5. The summed E-state index contributed by atoms with van der Waals surface area (Å²) >= 11 is 0. The van der Waals surface area contributed by atoms with Gasteiger partial charge in [-0.1, -0.05) is 17.3 Å². The van der Waals surface area contributed by atoms with Gasteiger partial charge < -0.3 is 19.3 Å². The third kappa shape index (κ3) is 4.32. The number of benzene rings is 1. The molecule has 0 saturated carbocycles. The average Bonchev–Trinajstić information content (AvgIpc) is 2.89. The van der Waals surface area contributed by atoms with Crippen molar-refractivity contribution in [3.8, 4) is 5.75 Å². The van der Waals surface area contributed by atoms with Crippen LogP contribution in [0.5, 0.6) is 5.75 Å². The van der Waals surface area contributed by atoms with Crippen molar-refractivity contribution in [2.24, 2.45) is 0 Å². The Bertz CT molecular complexity index is 595. The Morgan fingerprint density at radius 2 is 2.14 bits per heavy atom. The van der Waals surface area contributed by atoms with Crippen LogP contribution in [0.3, 0.4) is 0 Å². The van der Waals surface area contributed by atoms with E-state index in [2.05, 4.69) is 10.5 Å². The molecule has 0 bridgehead atoms. The van der Waals surface area contributed by atoms with Crippen LogP contribution in [-0.4, -0.2) is 30.9 Å². The van der Waals surface area contributed by atoms with Crippen molar-refractivity contribution < 1.29 is 18.8 Å². The summed E-state index contributed by atoms with van der Waals surface area (Å²) in [6.45, 7) is 5.18. The molecule has 1 amide bonds. The van der Waals surface area contributed by atoms with Gasteiger partial charge in [0.15, 0.2) is 5.82 Å². The van der Waals surface area contributed by atoms with Crippen LogP contribution in [0.25, 0.3) is 0 Å². The van der Waals surface area contributed by atoms with Gasteiger partial charge in [0.2, 0.25) is 0 Å². The van der Waals surface area contributed by atoms with E-state index in [1.165, 1.54) is 0 Å². The molecule has 0 spiro atoms. The van der Waals surface area contributed by atoms with E-state index < -0.39 is 0 Å². The highest BCUT2D eigenvalue weighted by Gasteiger charge is 2.13. The van der Waals surface area contributed by atoms with Gasteiger partial charge in [-0.05, 0) is 26.0 Å². The van der Waals surface area contributed by atoms with E-state index in [0.717, 1.165) is 0 Å². The standard InChI is InChI=1S/C15H18N2O4/c1-3-19-8-9-20-13-7-5-4-6-12(13)15(18)16-14-10-11(2)21-17-14/h4-7,10H,3,8-9H2,1-2H3,(H,16,17,18). The number of ether oxygens (including phenoxy) is 2. The van der Waals surface area contributed by atoms with Gasteiger partial charge in [-0.25, -0.2) is 0 Å². The molecule has 6 nitrogen and oxygen atoms in total. The molecule has 0 atom stereocenters. The van der Waals surface area contributed by atoms with Crippen LogP contribution in [-0.2, 0) is 4.74 Å². The van der Waals surface area contributed by atoms with Crippen molar-refractivity contribution in [3.63, 3.8) is 0 Å². The molecular formula is C15H18N2O4. The van der Waals surface area contributed by atoms with Crippen molar-refractivity contribution >= 4 is 11.7 Å². The first-order valence-electron chi connectivity index (χ1n) is 6.75. The molecule has 0 unspecified atom stereocenters. The summed E-state index contributed by atoms with van der Waals surface area (Å²) in [5.74, 6) is 1.22. The fourth-order valence-electron chi connectivity index (χ4n) is 1.74. The van der Waals surface area contributed by atoms with E-state index in [0.29, 0.717) is 42.7 Å². The fraction of sp³-hybridized carbons (Fsp3) is 0.333. The van der Waals surface area contributed by atoms with Crippen molar-refractivity contribution in [1.29, 1.82) is 0 Å². The van der Waals surface area contributed by atoms with Crippen LogP contribution >= 0.6 is 0 Å². The minimum absolute atomic E-state index is 0.296. The minimum Gasteiger partial charge on any atom is -0.490 e. The molecule has 0 aliphatic carbocycles. The zero-order valence-electron chi connectivity index (χ0n) is 12.1. The molecule has 112 valence electrons. The van der Waals surface area contributed by atoms with E-state index in [1.807, 2.05) is 13.0 Å². The largest absolute Gasteiger partial charge is 0.490 e. The average molecular weight is 290 g/mol. The van der Waals surface area contributed by atoms with Gasteiger partial charge in [-0.3, -0.25) is 4.79 Å². The Balaban J connectivity index is 2.02. The molecular weight excluding hydrogens is 272 g/mol. The molecule has 0 aliphatic heterocycles. The summed E-state index contributed by atoms with van der Waals surface area (Å²) in [5, 5.41) is 6.40. The highest BCUT2D eigenvalue weighted by Crippen LogP contribution is 2.19. The van der Waals surface area contributed by atoms with Gasteiger partial charge in [0.25, 0.3) is 5.91 Å². The van der Waals surface area contributed by atoms with Gasteiger partial charge >= 0.3 is 0 Å². The molecule has 2 rings (SSSR count). The summed E-state index contributed by atoms with van der Waals surface area (Å²) in [4.78, 5) is 12.2. The quantitative estimate of drug-likeness (QED) is 0.793. The Hall–Kier alpha value is -2.34. The van der Waals surface area contributed by atoms with Gasteiger partial charge in [-0.2, -0.15) is 0 Å². The Kier molecular flexibility index (Phi) is 5.34. The summed E-state index contributed by atoms with van der Waals surface area (Å²) in [5.41, 5.74) is 0.439. The number of aromatic nitrogens is 1. The molecule has 0 aliphatic rings. The van der Waals surface area contributed by atoms with Gasteiger partial charge in [0, 0.05) is 12.7 Å². The Morgan fingerprint density at radius 1 is 1.33 bits per heavy atom. The lowest BCUT2D eigenvalue weighted by Crippen LogP contribution is -2.15. The SMILES string of the molecule is CCOCCOc1ccccc1C(=O)Nc1cc(C)on1. The molecule has 21 heavy (non-hydrogen) atoms. The van der Waals surface area contributed by atoms with Crippen LogP contribution in [0.15, 0.2) is 34.9 Å². The van der Waals surface area contributed by atoms with Crippen LogP contribution in [0, 0.1) is 6.92 Å². The van der Waals surface area contributed by atoms with E-state index in [1.54, 1.807) is 31.2 Å². The van der Waals surface area contributed by atoms with Crippen molar-refractivity contribution in [2.45, 2.75) is 13.8 Å². The maximum Gasteiger partial charge on any atom is 0.260 e. The van der Waals surface area contributed by atoms with Gasteiger partial charge in [0.1, 0.15) is 18.1 Å². The summed E-state index contributed by atoms with van der Waals surface area (Å²) < 4.78 is 15.7. The van der Waals surface area contributed by atoms with E-state index in [-0.39, 0.29) is 5.91 Å². The maximum absolute atomic E-state index is 12.2. The molecule has 1 aromatic carbocycles. The third-order valence-electron chi connectivity index (χ3n) is 2.69. The highest BCUT2D eigenvalue weighted by atomic mass is 16.5. The van der Waals surface area contributed by atoms with E-state index >= 15 is 0 Å². The van der Waals surface area contributed by atoms with Gasteiger partial charge in [-0.15, -0.1) is 0 Å². The first-order chi connectivity index (χ1) is 10.2. The zero-order chi connectivity index (χ0) is 15.1. The number of nitrogens with one attached hydrogen (secondary N) is 1. The van der Waals surface area contributed by atoms with Crippen molar-refractivity contribution in [3.05, 3.63) is 41.7 Å². The van der Waals surface area contributed by atoms with Crippen LogP contribution < -0.4 is 10.1 Å². The summed E-state index contributed by atoms with van der Waals surface area (Å²) in [7, 11) is 0. The zero-order valence-corrected chi connectivity index (χ0v) is 12.1. The number of rotatable bonds is 7. The maximum atomic E-state index is 12.2. The van der Waals surface area contributed by atoms with Crippen molar-refractivity contribution in [2.75, 3.05) is 25.1 Å². The number of para-hydroxylation sites is 1. The number of nitrogens with zero attached hydrogens (tertiary/aromatic N) is 1. The molecule has 0 fully saturated rings. The Morgan fingerprint density at radius 3 is 2.86 bits per heavy atom. The first kappa shape index (κ1) is 15.1. The van der Waals surface area contributed by atoms with Crippen LogP contribution in [0.1, 0.15) is 23.0 Å². The molecule has 1 N–H and O–H groups in total. The number of aryl methyl sites for hydroxylation is 1. The second-order valence-electron chi connectivity index (χ2n) is 4.32. The summed E-state index contributed by atoms with van der Waals surface area (Å²) in [6.07, 6.45) is 0. The topological polar surface area (TPSA) is 73.6 Å². The number of carbonyl (C=O) groups excluding carboxylic acids is 1. The Labute approximate surface area is 123 Å². The first-order valence-corrected chi connectivity index (χ1v) is 6.75. The van der Waals surface area contributed by atoms with Crippen LogP contribution in [0.2, 0.25) is 0 Å². The lowest BCUT2D eigenvalue weighted by Gasteiger charge is -2.10. The number of amides is 1. The van der Waals surface area contributed by atoms with Crippen molar-refractivity contribution in [1.82, 2.24) is 5.16 Å². The highest BCUT2D eigenvalue weighted by molar-refractivity contribution is 6.05. The number of carbonyl (C=O) groups is 1. The van der Waals surface area contributed by atoms with Crippen LogP contribution in [0.4, 0.5) is 5.82 Å². The van der Waals surface area contributed by atoms with E-state index in [4.69, 9.17) is 14.0 Å². The van der Waals surface area contributed by atoms with Gasteiger partial charge in [0.05, 0.1) is 12.2 Å². The molecule has 1 aromatic heterocycles. The molecule has 1 heterocycles. The third-order valence-corrected chi connectivity index (χ3v) is 2.69. The fourth-order valence-corrected chi connectivity index (χ4v) is 1.74. The van der Waals surface area contributed by atoms with E-state index in [9.17, 15) is 4.79 Å². The minimum atomic E-state index is -0.296. The molecule has 0 saturated heterocycles. The normalized spacial score (nSPS) is 10.4. The lowest BCUT2D eigenvalue weighted by atomic mass is 10.2. The second-order valence-corrected chi connectivity index (χ2v) is 4.32. The summed E-state index contributed by atoms with van der Waals surface area (Å²) in [6, 6.07) is 8.68. The predicted octanol–water partition coefficient (Wildman–Crippen LogP) is 2.65.